The standard InChI is InChI=1S/C17H17ClN2O/c1-20-11-13-5-3-2-4-12(13)10-16(20)17(21)19-15-8-6-14(18)7-9-15/h2-9,16H,10-11H2,1H3,(H,19,21). The van der Waals surface area contributed by atoms with E-state index in [2.05, 4.69) is 22.3 Å². The van der Waals surface area contributed by atoms with E-state index in [4.69, 9.17) is 11.6 Å². The van der Waals surface area contributed by atoms with Crippen LogP contribution in [0.2, 0.25) is 5.02 Å². The molecule has 1 aliphatic heterocycles. The third-order valence-corrected chi connectivity index (χ3v) is 4.15. The number of anilines is 1. The topological polar surface area (TPSA) is 32.3 Å². The molecule has 0 bridgehead atoms. The van der Waals surface area contributed by atoms with Crippen LogP contribution >= 0.6 is 11.6 Å². The van der Waals surface area contributed by atoms with Gasteiger partial charge in [-0.25, -0.2) is 0 Å². The number of nitrogens with zero attached hydrogens (tertiary/aromatic N) is 1. The minimum absolute atomic E-state index is 0.0225. The first-order valence-electron chi connectivity index (χ1n) is 6.97. The van der Waals surface area contributed by atoms with Crippen LogP contribution in [0, 0.1) is 0 Å². The van der Waals surface area contributed by atoms with Gasteiger partial charge in [-0.3, -0.25) is 9.69 Å². The number of hydrogen-bond acceptors (Lipinski definition) is 2. The third-order valence-electron chi connectivity index (χ3n) is 3.90. The van der Waals surface area contributed by atoms with E-state index in [-0.39, 0.29) is 11.9 Å². The highest BCUT2D eigenvalue weighted by Crippen LogP contribution is 2.23. The van der Waals surface area contributed by atoms with E-state index >= 15 is 0 Å². The molecule has 1 N–H and O–H groups in total. The van der Waals surface area contributed by atoms with Gasteiger partial charge >= 0.3 is 0 Å². The van der Waals surface area contributed by atoms with Crippen LogP contribution in [0.3, 0.4) is 0 Å². The molecule has 0 saturated heterocycles. The van der Waals surface area contributed by atoms with Gasteiger partial charge in [0.1, 0.15) is 0 Å². The van der Waals surface area contributed by atoms with E-state index in [0.29, 0.717) is 5.02 Å². The monoisotopic (exact) mass is 300 g/mol. The van der Waals surface area contributed by atoms with Gasteiger partial charge in [0.05, 0.1) is 6.04 Å². The number of carbonyl (C=O) groups excluding carboxylic acids is 1. The van der Waals surface area contributed by atoms with Crippen LogP contribution in [0.15, 0.2) is 48.5 Å². The molecule has 1 amide bonds. The van der Waals surface area contributed by atoms with Gasteiger partial charge in [0, 0.05) is 17.3 Å². The third kappa shape index (κ3) is 3.09. The fourth-order valence-electron chi connectivity index (χ4n) is 2.71. The number of amides is 1. The molecule has 0 aromatic heterocycles. The summed E-state index contributed by atoms with van der Waals surface area (Å²) < 4.78 is 0. The summed E-state index contributed by atoms with van der Waals surface area (Å²) >= 11 is 5.86. The van der Waals surface area contributed by atoms with Gasteiger partial charge in [0.2, 0.25) is 5.91 Å². The molecule has 1 atom stereocenters. The first-order valence-corrected chi connectivity index (χ1v) is 7.35. The van der Waals surface area contributed by atoms with Crippen LogP contribution in [0.1, 0.15) is 11.1 Å². The normalized spacial score (nSPS) is 18.1. The summed E-state index contributed by atoms with van der Waals surface area (Å²) in [6.07, 6.45) is 0.742. The Hall–Kier alpha value is -1.84. The van der Waals surface area contributed by atoms with Crippen molar-refractivity contribution in [1.82, 2.24) is 4.90 Å². The van der Waals surface area contributed by atoms with Gasteiger partial charge in [-0.2, -0.15) is 0 Å². The molecule has 2 aromatic carbocycles. The van der Waals surface area contributed by atoms with E-state index in [9.17, 15) is 4.79 Å². The average molecular weight is 301 g/mol. The quantitative estimate of drug-likeness (QED) is 0.922. The van der Waals surface area contributed by atoms with E-state index in [1.807, 2.05) is 31.3 Å². The maximum absolute atomic E-state index is 12.5. The second kappa shape index (κ2) is 5.88. The number of likely N-dealkylation sites (N-methyl/N-ethyl adjacent to an activating group) is 1. The maximum atomic E-state index is 12.5. The van der Waals surface area contributed by atoms with Crippen molar-refractivity contribution >= 4 is 23.2 Å². The molecule has 1 heterocycles. The summed E-state index contributed by atoms with van der Waals surface area (Å²) in [5.41, 5.74) is 3.33. The molecule has 3 nitrogen and oxygen atoms in total. The molecule has 21 heavy (non-hydrogen) atoms. The van der Waals surface area contributed by atoms with Crippen molar-refractivity contribution in [1.29, 1.82) is 0 Å². The van der Waals surface area contributed by atoms with Crippen molar-refractivity contribution in [2.24, 2.45) is 0 Å². The van der Waals surface area contributed by atoms with Gasteiger partial charge in [0.15, 0.2) is 0 Å². The Kier molecular flexibility index (Phi) is 3.95. The van der Waals surface area contributed by atoms with Crippen molar-refractivity contribution in [2.75, 3.05) is 12.4 Å². The number of nitrogens with one attached hydrogen (secondary N) is 1. The Morgan fingerprint density at radius 3 is 2.52 bits per heavy atom. The van der Waals surface area contributed by atoms with Crippen LogP contribution in [0.25, 0.3) is 0 Å². The zero-order valence-electron chi connectivity index (χ0n) is 11.8. The number of benzene rings is 2. The minimum atomic E-state index is -0.143. The molecule has 0 aliphatic carbocycles. The second-order valence-electron chi connectivity index (χ2n) is 5.40. The molecule has 2 aromatic rings. The molecule has 0 radical (unpaired) electrons. The van der Waals surface area contributed by atoms with Gasteiger partial charge in [-0.05, 0) is 48.9 Å². The van der Waals surface area contributed by atoms with E-state index in [0.717, 1.165) is 18.7 Å². The maximum Gasteiger partial charge on any atom is 0.242 e. The van der Waals surface area contributed by atoms with Crippen molar-refractivity contribution in [3.8, 4) is 0 Å². The number of halogens is 1. The number of carbonyl (C=O) groups is 1. The summed E-state index contributed by atoms with van der Waals surface area (Å²) in [6, 6.07) is 15.3. The highest BCUT2D eigenvalue weighted by molar-refractivity contribution is 6.30. The van der Waals surface area contributed by atoms with Gasteiger partial charge in [-0.1, -0.05) is 35.9 Å². The predicted molar refractivity (Wildman–Crippen MR) is 85.5 cm³/mol. The number of rotatable bonds is 2. The molecule has 3 rings (SSSR count). The fourth-order valence-corrected chi connectivity index (χ4v) is 2.83. The molecule has 0 saturated carbocycles. The summed E-state index contributed by atoms with van der Waals surface area (Å²) in [4.78, 5) is 14.6. The number of hydrogen-bond donors (Lipinski definition) is 1. The molecular formula is C17H17ClN2O. The summed E-state index contributed by atoms with van der Waals surface area (Å²) in [7, 11) is 1.99. The lowest BCUT2D eigenvalue weighted by atomic mass is 9.94. The molecule has 4 heteroatoms. The molecule has 108 valence electrons. The van der Waals surface area contributed by atoms with Crippen molar-refractivity contribution in [2.45, 2.75) is 19.0 Å². The van der Waals surface area contributed by atoms with Crippen molar-refractivity contribution in [3.05, 3.63) is 64.7 Å². The SMILES string of the molecule is CN1Cc2ccccc2CC1C(=O)Nc1ccc(Cl)cc1. The lowest BCUT2D eigenvalue weighted by Crippen LogP contribution is -2.45. The highest BCUT2D eigenvalue weighted by atomic mass is 35.5. The molecule has 1 unspecified atom stereocenters. The minimum Gasteiger partial charge on any atom is -0.325 e. The van der Waals surface area contributed by atoms with Crippen LogP contribution < -0.4 is 5.32 Å². The van der Waals surface area contributed by atoms with Crippen molar-refractivity contribution in [3.63, 3.8) is 0 Å². The lowest BCUT2D eigenvalue weighted by molar-refractivity contribution is -0.121. The van der Waals surface area contributed by atoms with Crippen molar-refractivity contribution < 1.29 is 4.79 Å². The Morgan fingerprint density at radius 1 is 1.14 bits per heavy atom. The smallest absolute Gasteiger partial charge is 0.242 e. The van der Waals surface area contributed by atoms with Crippen LogP contribution in [-0.2, 0) is 17.8 Å². The largest absolute Gasteiger partial charge is 0.325 e. The van der Waals surface area contributed by atoms with Crippen LogP contribution in [-0.4, -0.2) is 23.9 Å². The summed E-state index contributed by atoms with van der Waals surface area (Å²) in [5, 5.41) is 3.62. The predicted octanol–water partition coefficient (Wildman–Crippen LogP) is 3.34. The molecule has 0 fully saturated rings. The van der Waals surface area contributed by atoms with Crippen LogP contribution in [0.5, 0.6) is 0 Å². The molecule has 1 aliphatic rings. The Morgan fingerprint density at radius 2 is 1.81 bits per heavy atom. The number of fused-ring (bicyclic) bond motifs is 1. The highest BCUT2D eigenvalue weighted by Gasteiger charge is 2.28. The zero-order valence-corrected chi connectivity index (χ0v) is 12.6. The second-order valence-corrected chi connectivity index (χ2v) is 5.84. The van der Waals surface area contributed by atoms with Gasteiger partial charge in [0.25, 0.3) is 0 Å². The summed E-state index contributed by atoms with van der Waals surface area (Å²) in [6.45, 7) is 0.800. The van der Waals surface area contributed by atoms with E-state index < -0.39 is 0 Å². The first kappa shape index (κ1) is 14.1. The zero-order chi connectivity index (χ0) is 14.8. The summed E-state index contributed by atoms with van der Waals surface area (Å²) in [5.74, 6) is 0.0225. The van der Waals surface area contributed by atoms with Gasteiger partial charge in [-0.15, -0.1) is 0 Å². The lowest BCUT2D eigenvalue weighted by Gasteiger charge is -2.33. The molecular weight excluding hydrogens is 284 g/mol. The fraction of sp³-hybridized carbons (Fsp3) is 0.235. The van der Waals surface area contributed by atoms with E-state index in [1.54, 1.807) is 12.1 Å². The Bertz CT molecular complexity index is 654. The van der Waals surface area contributed by atoms with Crippen LogP contribution in [0.4, 0.5) is 5.69 Å². The van der Waals surface area contributed by atoms with Gasteiger partial charge < -0.3 is 5.32 Å². The Labute approximate surface area is 129 Å². The van der Waals surface area contributed by atoms with E-state index in [1.165, 1.54) is 11.1 Å². The molecule has 0 spiro atoms. The average Bonchev–Trinajstić information content (AvgIpc) is 2.49. The first-order chi connectivity index (χ1) is 10.1. The Balaban J connectivity index is 1.74.